The highest BCUT2D eigenvalue weighted by atomic mass is 16.5. The van der Waals surface area contributed by atoms with Gasteiger partial charge >= 0.3 is 5.97 Å². The van der Waals surface area contributed by atoms with Gasteiger partial charge in [-0.25, -0.2) is 4.98 Å². The molecule has 0 bridgehead atoms. The molecule has 90 valence electrons. The van der Waals surface area contributed by atoms with Crippen molar-refractivity contribution < 1.29 is 14.6 Å². The molecule has 0 radical (unpaired) electrons. The summed E-state index contributed by atoms with van der Waals surface area (Å²) < 4.78 is 7.03. The number of aromatic nitrogens is 2. The first-order chi connectivity index (χ1) is 8.15. The van der Waals surface area contributed by atoms with E-state index in [1.54, 1.807) is 7.11 Å². The molecule has 0 fully saturated rings. The second kappa shape index (κ2) is 4.45. The molecule has 1 heterocycles. The van der Waals surface area contributed by atoms with Crippen molar-refractivity contribution in [2.75, 3.05) is 7.11 Å². The third-order valence-electron chi connectivity index (χ3n) is 2.66. The summed E-state index contributed by atoms with van der Waals surface area (Å²) >= 11 is 0. The van der Waals surface area contributed by atoms with Gasteiger partial charge in [-0.05, 0) is 19.1 Å². The van der Waals surface area contributed by atoms with Gasteiger partial charge in [0.15, 0.2) is 0 Å². The van der Waals surface area contributed by atoms with Crippen LogP contribution < -0.4 is 4.74 Å². The van der Waals surface area contributed by atoms with Crippen LogP contribution in [0.15, 0.2) is 18.2 Å². The lowest BCUT2D eigenvalue weighted by Crippen LogP contribution is -2.08. The molecule has 0 spiro atoms. The summed E-state index contributed by atoms with van der Waals surface area (Å²) in [6.45, 7) is 2.67. The van der Waals surface area contributed by atoms with E-state index in [4.69, 9.17) is 9.84 Å². The standard InChI is InChI=1S/C12H14N2O3/c1-3-14-10-5-4-8(17-2)6-9(10)13-11(14)7-12(15)16/h4-6H,3,7H2,1-2H3,(H,15,16). The van der Waals surface area contributed by atoms with Crippen molar-refractivity contribution in [1.29, 1.82) is 0 Å². The number of carbonyl (C=O) groups is 1. The zero-order valence-corrected chi connectivity index (χ0v) is 9.80. The van der Waals surface area contributed by atoms with Crippen LogP contribution in [0.4, 0.5) is 0 Å². The molecule has 5 nitrogen and oxygen atoms in total. The number of ether oxygens (including phenoxy) is 1. The predicted octanol–water partition coefficient (Wildman–Crippen LogP) is 1.69. The van der Waals surface area contributed by atoms with Crippen molar-refractivity contribution in [1.82, 2.24) is 9.55 Å². The second-order valence-corrected chi connectivity index (χ2v) is 3.70. The molecule has 0 amide bonds. The third kappa shape index (κ3) is 2.08. The minimum Gasteiger partial charge on any atom is -0.497 e. The second-order valence-electron chi connectivity index (χ2n) is 3.70. The van der Waals surface area contributed by atoms with Crippen LogP contribution in [-0.2, 0) is 17.8 Å². The summed E-state index contributed by atoms with van der Waals surface area (Å²) in [6, 6.07) is 5.56. The molecule has 2 aromatic rings. The third-order valence-corrected chi connectivity index (χ3v) is 2.66. The molecule has 0 saturated carbocycles. The Morgan fingerprint density at radius 3 is 2.88 bits per heavy atom. The fourth-order valence-electron chi connectivity index (χ4n) is 1.91. The first-order valence-electron chi connectivity index (χ1n) is 5.40. The van der Waals surface area contributed by atoms with Gasteiger partial charge in [-0.3, -0.25) is 4.79 Å². The van der Waals surface area contributed by atoms with Crippen molar-refractivity contribution in [2.45, 2.75) is 19.9 Å². The molecule has 17 heavy (non-hydrogen) atoms. The maximum Gasteiger partial charge on any atom is 0.311 e. The molecule has 2 rings (SSSR count). The SMILES string of the molecule is CCn1c(CC(=O)O)nc2cc(OC)ccc21. The Morgan fingerprint density at radius 1 is 1.53 bits per heavy atom. The molecule has 1 aromatic heterocycles. The molecule has 0 unspecified atom stereocenters. The normalized spacial score (nSPS) is 10.7. The van der Waals surface area contributed by atoms with Crippen LogP contribution in [0.3, 0.4) is 0 Å². The van der Waals surface area contributed by atoms with Crippen LogP contribution in [0.25, 0.3) is 11.0 Å². The molecular formula is C12H14N2O3. The first-order valence-corrected chi connectivity index (χ1v) is 5.40. The van der Waals surface area contributed by atoms with E-state index >= 15 is 0 Å². The Labute approximate surface area is 98.6 Å². The van der Waals surface area contributed by atoms with Gasteiger partial charge in [0.25, 0.3) is 0 Å². The van der Waals surface area contributed by atoms with Crippen LogP contribution in [0.1, 0.15) is 12.7 Å². The lowest BCUT2D eigenvalue weighted by molar-refractivity contribution is -0.136. The number of aryl methyl sites for hydroxylation is 1. The van der Waals surface area contributed by atoms with Gasteiger partial charge in [0.05, 0.1) is 18.1 Å². The van der Waals surface area contributed by atoms with Crippen LogP contribution in [-0.4, -0.2) is 27.7 Å². The summed E-state index contributed by atoms with van der Waals surface area (Å²) in [6.07, 6.45) is -0.0646. The van der Waals surface area contributed by atoms with E-state index in [0.29, 0.717) is 12.4 Å². The van der Waals surface area contributed by atoms with Gasteiger partial charge in [0.1, 0.15) is 18.0 Å². The highest BCUT2D eigenvalue weighted by molar-refractivity contribution is 5.79. The fourth-order valence-corrected chi connectivity index (χ4v) is 1.91. The summed E-state index contributed by atoms with van der Waals surface area (Å²) in [5.74, 6) is 0.422. The lowest BCUT2D eigenvalue weighted by atomic mass is 10.3. The van der Waals surface area contributed by atoms with Crippen molar-refractivity contribution in [2.24, 2.45) is 0 Å². The van der Waals surface area contributed by atoms with E-state index in [-0.39, 0.29) is 6.42 Å². The number of carboxylic acid groups (broad SMARTS) is 1. The monoisotopic (exact) mass is 234 g/mol. The van der Waals surface area contributed by atoms with Crippen LogP contribution in [0.5, 0.6) is 5.75 Å². The van der Waals surface area contributed by atoms with Gasteiger partial charge in [-0.1, -0.05) is 0 Å². The number of methoxy groups -OCH3 is 1. The van der Waals surface area contributed by atoms with Crippen molar-refractivity contribution in [3.05, 3.63) is 24.0 Å². The molecule has 0 aliphatic carbocycles. The Bertz CT molecular complexity index is 560. The summed E-state index contributed by atoms with van der Waals surface area (Å²) in [7, 11) is 1.59. The zero-order valence-electron chi connectivity index (χ0n) is 9.80. The fraction of sp³-hybridized carbons (Fsp3) is 0.333. The average Bonchev–Trinajstić information content (AvgIpc) is 2.63. The largest absolute Gasteiger partial charge is 0.497 e. The molecule has 0 aliphatic rings. The topological polar surface area (TPSA) is 64.4 Å². The Morgan fingerprint density at radius 2 is 2.29 bits per heavy atom. The van der Waals surface area contributed by atoms with Gasteiger partial charge in [-0.15, -0.1) is 0 Å². The zero-order chi connectivity index (χ0) is 12.4. The van der Waals surface area contributed by atoms with Crippen molar-refractivity contribution in [3.8, 4) is 5.75 Å². The summed E-state index contributed by atoms with van der Waals surface area (Å²) in [5.41, 5.74) is 1.70. The molecule has 5 heteroatoms. The Balaban J connectivity index is 2.57. The molecule has 0 aliphatic heterocycles. The number of benzene rings is 1. The highest BCUT2D eigenvalue weighted by Gasteiger charge is 2.12. The number of imidazole rings is 1. The number of hydrogen-bond acceptors (Lipinski definition) is 3. The summed E-state index contributed by atoms with van der Waals surface area (Å²) in [5, 5.41) is 8.83. The quantitative estimate of drug-likeness (QED) is 0.874. The molecule has 1 aromatic carbocycles. The van der Waals surface area contributed by atoms with E-state index < -0.39 is 5.97 Å². The molecular weight excluding hydrogens is 220 g/mol. The van der Waals surface area contributed by atoms with E-state index in [1.807, 2.05) is 29.7 Å². The predicted molar refractivity (Wildman–Crippen MR) is 63.3 cm³/mol. The Hall–Kier alpha value is -2.04. The number of rotatable bonds is 4. The number of carboxylic acids is 1. The van der Waals surface area contributed by atoms with Crippen LogP contribution in [0, 0.1) is 0 Å². The first kappa shape index (κ1) is 11.4. The van der Waals surface area contributed by atoms with Gasteiger partial charge < -0.3 is 14.4 Å². The number of aliphatic carboxylic acids is 1. The van der Waals surface area contributed by atoms with Gasteiger partial charge in [-0.2, -0.15) is 0 Å². The number of nitrogens with zero attached hydrogens (tertiary/aromatic N) is 2. The van der Waals surface area contributed by atoms with Crippen LogP contribution in [0.2, 0.25) is 0 Å². The molecule has 0 saturated heterocycles. The highest BCUT2D eigenvalue weighted by Crippen LogP contribution is 2.22. The minimum atomic E-state index is -0.873. The minimum absolute atomic E-state index is 0.0646. The van der Waals surface area contributed by atoms with E-state index in [1.165, 1.54) is 0 Å². The number of hydrogen-bond donors (Lipinski definition) is 1. The maximum absolute atomic E-state index is 10.8. The van der Waals surface area contributed by atoms with Gasteiger partial charge in [0, 0.05) is 12.6 Å². The number of fused-ring (bicyclic) bond motifs is 1. The average molecular weight is 234 g/mol. The lowest BCUT2D eigenvalue weighted by Gasteiger charge is -2.04. The van der Waals surface area contributed by atoms with E-state index in [2.05, 4.69) is 4.98 Å². The Kier molecular flexibility index (Phi) is 2.99. The van der Waals surface area contributed by atoms with E-state index in [0.717, 1.165) is 16.8 Å². The van der Waals surface area contributed by atoms with Gasteiger partial charge in [0.2, 0.25) is 0 Å². The van der Waals surface area contributed by atoms with Crippen LogP contribution >= 0.6 is 0 Å². The molecule has 0 atom stereocenters. The molecule has 1 N–H and O–H groups in total. The van der Waals surface area contributed by atoms with Crippen molar-refractivity contribution >= 4 is 17.0 Å². The smallest absolute Gasteiger partial charge is 0.311 e. The van der Waals surface area contributed by atoms with E-state index in [9.17, 15) is 4.79 Å². The maximum atomic E-state index is 10.8. The van der Waals surface area contributed by atoms with Crippen molar-refractivity contribution in [3.63, 3.8) is 0 Å². The summed E-state index contributed by atoms with van der Waals surface area (Å²) in [4.78, 5) is 15.1.